The normalized spacial score (nSPS) is 16.6. The molecule has 0 aliphatic carbocycles. The number of piperidine rings is 1. The summed E-state index contributed by atoms with van der Waals surface area (Å²) >= 11 is 6.33. The number of nitrogens with zero attached hydrogens (tertiary/aromatic N) is 3. The van der Waals surface area contributed by atoms with E-state index in [1.165, 1.54) is 6.33 Å². The van der Waals surface area contributed by atoms with Gasteiger partial charge in [-0.25, -0.2) is 9.50 Å². The molecule has 1 amide bonds. The van der Waals surface area contributed by atoms with Gasteiger partial charge in [0.05, 0.1) is 11.1 Å². The number of aryl methyl sites for hydroxylation is 1. The molecule has 1 aliphatic rings. The zero-order chi connectivity index (χ0) is 19.0. The number of halogens is 2. The molecule has 3 aromatic rings. The van der Waals surface area contributed by atoms with Gasteiger partial charge in [-0.05, 0) is 50.1 Å². The Morgan fingerprint density at radius 3 is 2.93 bits per heavy atom. The lowest BCUT2D eigenvalue weighted by atomic mass is 10.0. The smallest absolute Gasteiger partial charge is 0.250 e. The molecule has 1 unspecified atom stereocenters. The van der Waals surface area contributed by atoms with Gasteiger partial charge in [0.25, 0.3) is 0 Å². The summed E-state index contributed by atoms with van der Waals surface area (Å²) in [5, 5.41) is 8.13. The van der Waals surface area contributed by atoms with E-state index in [0.29, 0.717) is 21.8 Å². The number of nitrogens with two attached hydrogens (primary N) is 1. The van der Waals surface area contributed by atoms with Gasteiger partial charge in [0.2, 0.25) is 5.91 Å². The molecule has 0 spiro atoms. The fourth-order valence-electron chi connectivity index (χ4n) is 3.42. The van der Waals surface area contributed by atoms with Crippen LogP contribution >= 0.6 is 24.0 Å². The molecule has 0 saturated carbocycles. The van der Waals surface area contributed by atoms with Crippen molar-refractivity contribution in [3.63, 3.8) is 0 Å². The third-order valence-corrected chi connectivity index (χ3v) is 4.94. The van der Waals surface area contributed by atoms with E-state index in [-0.39, 0.29) is 18.5 Å². The number of ether oxygens (including phenoxy) is 1. The molecule has 1 atom stereocenters. The second-order valence-electron chi connectivity index (χ2n) is 6.72. The lowest BCUT2D eigenvalue weighted by Gasteiger charge is -2.26. The van der Waals surface area contributed by atoms with E-state index >= 15 is 0 Å². The monoisotopic (exact) mass is 421 g/mol. The molecule has 4 rings (SSSR count). The van der Waals surface area contributed by atoms with Crippen LogP contribution in [0.5, 0.6) is 5.75 Å². The number of aromatic nitrogens is 3. The fourth-order valence-corrected chi connectivity index (χ4v) is 3.69. The first kappa shape index (κ1) is 20.4. The first-order valence-corrected chi connectivity index (χ1v) is 9.22. The van der Waals surface area contributed by atoms with Gasteiger partial charge in [-0.3, -0.25) is 4.79 Å². The maximum absolute atomic E-state index is 11.6. The average molecular weight is 422 g/mol. The minimum Gasteiger partial charge on any atom is -0.488 e. The number of nitrogens with one attached hydrogen (secondary N) is 1. The van der Waals surface area contributed by atoms with E-state index in [9.17, 15) is 4.79 Å². The second-order valence-corrected chi connectivity index (χ2v) is 7.15. The summed E-state index contributed by atoms with van der Waals surface area (Å²) in [6.45, 7) is 3.78. The van der Waals surface area contributed by atoms with Crippen molar-refractivity contribution in [3.8, 4) is 17.0 Å². The van der Waals surface area contributed by atoms with Gasteiger partial charge in [-0.2, -0.15) is 5.10 Å². The summed E-state index contributed by atoms with van der Waals surface area (Å²) in [5.74, 6) is 0.231. The zero-order valence-electron chi connectivity index (χ0n) is 15.3. The summed E-state index contributed by atoms with van der Waals surface area (Å²) in [5.41, 5.74) is 8.79. The van der Waals surface area contributed by atoms with Gasteiger partial charge >= 0.3 is 0 Å². The Kier molecular flexibility index (Phi) is 6.07. The highest BCUT2D eigenvalue weighted by Crippen LogP contribution is 2.38. The van der Waals surface area contributed by atoms with E-state index in [0.717, 1.165) is 42.8 Å². The number of benzene rings is 1. The Balaban J connectivity index is 0.00000225. The highest BCUT2D eigenvalue weighted by atomic mass is 35.5. The van der Waals surface area contributed by atoms with Gasteiger partial charge in [-0.1, -0.05) is 11.6 Å². The molecule has 3 heterocycles. The Morgan fingerprint density at radius 1 is 1.39 bits per heavy atom. The first-order chi connectivity index (χ1) is 13.0. The van der Waals surface area contributed by atoms with Crippen LogP contribution in [-0.2, 0) is 0 Å². The Bertz CT molecular complexity index is 1010. The molecule has 28 heavy (non-hydrogen) atoms. The van der Waals surface area contributed by atoms with E-state index in [1.54, 1.807) is 16.8 Å². The van der Waals surface area contributed by atoms with Gasteiger partial charge in [0.15, 0.2) is 0 Å². The van der Waals surface area contributed by atoms with Crippen molar-refractivity contribution in [2.75, 3.05) is 13.1 Å². The van der Waals surface area contributed by atoms with Crippen molar-refractivity contribution in [1.82, 2.24) is 19.9 Å². The summed E-state index contributed by atoms with van der Waals surface area (Å²) in [6.07, 6.45) is 5.18. The highest BCUT2D eigenvalue weighted by molar-refractivity contribution is 6.31. The van der Waals surface area contributed by atoms with E-state index < -0.39 is 5.91 Å². The van der Waals surface area contributed by atoms with Crippen molar-refractivity contribution in [3.05, 3.63) is 46.9 Å². The van der Waals surface area contributed by atoms with Crippen molar-refractivity contribution < 1.29 is 9.53 Å². The van der Waals surface area contributed by atoms with Crippen LogP contribution in [0.25, 0.3) is 16.8 Å². The van der Waals surface area contributed by atoms with E-state index in [2.05, 4.69) is 15.4 Å². The summed E-state index contributed by atoms with van der Waals surface area (Å²) in [6, 6.07) is 5.39. The van der Waals surface area contributed by atoms with Crippen LogP contribution in [0.2, 0.25) is 5.02 Å². The van der Waals surface area contributed by atoms with Crippen LogP contribution in [0, 0.1) is 6.92 Å². The van der Waals surface area contributed by atoms with Crippen molar-refractivity contribution >= 4 is 35.4 Å². The molecule has 0 radical (unpaired) electrons. The molecule has 148 valence electrons. The van der Waals surface area contributed by atoms with Crippen LogP contribution in [0.4, 0.5) is 0 Å². The highest BCUT2D eigenvalue weighted by Gasteiger charge is 2.21. The maximum Gasteiger partial charge on any atom is 0.250 e. The topological polar surface area (TPSA) is 94.5 Å². The predicted octanol–water partition coefficient (Wildman–Crippen LogP) is 3.01. The molecule has 1 fully saturated rings. The number of primary amides is 1. The number of rotatable bonds is 4. The summed E-state index contributed by atoms with van der Waals surface area (Å²) in [4.78, 5) is 16.0. The number of fused-ring (bicyclic) bond motifs is 1. The molecule has 9 heteroatoms. The second kappa shape index (κ2) is 8.34. The third kappa shape index (κ3) is 3.92. The van der Waals surface area contributed by atoms with Crippen molar-refractivity contribution in [2.24, 2.45) is 5.73 Å². The number of amides is 1. The van der Waals surface area contributed by atoms with E-state index in [1.807, 2.05) is 19.1 Å². The Morgan fingerprint density at radius 2 is 2.21 bits per heavy atom. The minimum atomic E-state index is -0.515. The molecule has 1 aliphatic heterocycles. The fraction of sp³-hybridized carbons (Fsp3) is 0.316. The molecule has 1 aromatic carbocycles. The Hall–Kier alpha value is -2.35. The minimum absolute atomic E-state index is 0. The van der Waals surface area contributed by atoms with Crippen LogP contribution < -0.4 is 15.8 Å². The molecule has 3 N–H and O–H groups in total. The lowest BCUT2D eigenvalue weighted by molar-refractivity contribution is 0.100. The predicted molar refractivity (Wildman–Crippen MR) is 110 cm³/mol. The van der Waals surface area contributed by atoms with Gasteiger partial charge in [-0.15, -0.1) is 12.4 Å². The molecule has 0 bridgehead atoms. The van der Waals surface area contributed by atoms with Gasteiger partial charge < -0.3 is 15.8 Å². The van der Waals surface area contributed by atoms with Crippen molar-refractivity contribution in [2.45, 2.75) is 25.9 Å². The standard InChI is InChI=1S/C19H20ClN5O2.ClH/c1-11-5-13(20)7-15(18(11)27-14-3-2-4-22-8-14)17-16-6-12(19(21)26)9-25(16)24-10-23-17;/h5-7,9-10,14,22H,2-4,8H2,1H3,(H2,21,26);1H. The molecule has 2 aromatic heterocycles. The van der Waals surface area contributed by atoms with Gasteiger partial charge in [0, 0.05) is 23.3 Å². The summed E-state index contributed by atoms with van der Waals surface area (Å²) < 4.78 is 7.94. The molecular weight excluding hydrogens is 401 g/mol. The number of carbonyl (C=O) groups is 1. The zero-order valence-corrected chi connectivity index (χ0v) is 16.9. The Labute approximate surface area is 173 Å². The number of hydrogen-bond donors (Lipinski definition) is 2. The quantitative estimate of drug-likeness (QED) is 0.674. The van der Waals surface area contributed by atoms with Crippen molar-refractivity contribution in [1.29, 1.82) is 0 Å². The number of hydrogen-bond acceptors (Lipinski definition) is 5. The summed E-state index contributed by atoms with van der Waals surface area (Å²) in [7, 11) is 0. The molecular formula is C19H21Cl2N5O2. The van der Waals surface area contributed by atoms with Crippen LogP contribution in [0.3, 0.4) is 0 Å². The maximum atomic E-state index is 11.6. The SMILES string of the molecule is Cc1cc(Cl)cc(-c2ncnn3cc(C(N)=O)cc23)c1OC1CCCNC1.Cl. The molecule has 7 nitrogen and oxygen atoms in total. The largest absolute Gasteiger partial charge is 0.488 e. The third-order valence-electron chi connectivity index (χ3n) is 4.72. The van der Waals surface area contributed by atoms with E-state index in [4.69, 9.17) is 22.1 Å². The van der Waals surface area contributed by atoms with Crippen LogP contribution in [0.1, 0.15) is 28.8 Å². The first-order valence-electron chi connectivity index (χ1n) is 8.84. The number of carbonyl (C=O) groups excluding carboxylic acids is 1. The lowest BCUT2D eigenvalue weighted by Crippen LogP contribution is -2.37. The van der Waals surface area contributed by atoms with Gasteiger partial charge in [0.1, 0.15) is 23.9 Å². The average Bonchev–Trinajstić information content (AvgIpc) is 3.09. The van der Waals surface area contributed by atoms with Crippen LogP contribution in [-0.4, -0.2) is 39.7 Å². The molecule has 1 saturated heterocycles. The van der Waals surface area contributed by atoms with Crippen LogP contribution in [0.15, 0.2) is 30.7 Å².